The molecular formula is C13H18F2N2O2. The average Bonchev–Trinajstić information content (AvgIpc) is 2.27. The predicted octanol–water partition coefficient (Wildman–Crippen LogP) is 3.45. The number of anilines is 1. The van der Waals surface area contributed by atoms with Crippen LogP contribution in [-0.4, -0.2) is 18.7 Å². The van der Waals surface area contributed by atoms with Gasteiger partial charge in [0.25, 0.3) is 0 Å². The molecule has 0 unspecified atom stereocenters. The highest BCUT2D eigenvalue weighted by Gasteiger charge is 2.11. The molecule has 1 rings (SSSR count). The molecule has 0 heterocycles. The molecule has 0 aliphatic heterocycles. The Morgan fingerprint density at radius 1 is 1.26 bits per heavy atom. The molecule has 2 amide bonds. The topological polar surface area (TPSA) is 50.4 Å². The Balaban J connectivity index is 2.59. The molecule has 2 N–H and O–H groups in total. The molecule has 0 bridgehead atoms. The van der Waals surface area contributed by atoms with Gasteiger partial charge in [-0.3, -0.25) is 0 Å². The first-order valence-corrected chi connectivity index (χ1v) is 6.01. The second-order valence-corrected chi connectivity index (χ2v) is 4.54. The fourth-order valence-electron chi connectivity index (χ4n) is 1.29. The van der Waals surface area contributed by atoms with E-state index in [2.05, 4.69) is 15.4 Å². The third-order valence-corrected chi connectivity index (χ3v) is 2.68. The third kappa shape index (κ3) is 5.54. The lowest BCUT2D eigenvalue weighted by atomic mass is 10.1. The zero-order valence-electron chi connectivity index (χ0n) is 11.1. The van der Waals surface area contributed by atoms with Gasteiger partial charge < -0.3 is 15.4 Å². The van der Waals surface area contributed by atoms with Crippen LogP contribution in [0.5, 0.6) is 5.75 Å². The predicted molar refractivity (Wildman–Crippen MR) is 69.5 cm³/mol. The smallest absolute Gasteiger partial charge is 0.387 e. The summed E-state index contributed by atoms with van der Waals surface area (Å²) in [7, 11) is 0. The van der Waals surface area contributed by atoms with Gasteiger partial charge in [-0.2, -0.15) is 8.78 Å². The Bertz CT molecular complexity index is 425. The fraction of sp³-hybridized carbons (Fsp3) is 0.462. The first kappa shape index (κ1) is 15.2. The van der Waals surface area contributed by atoms with E-state index in [1.54, 1.807) is 6.07 Å². The van der Waals surface area contributed by atoms with E-state index in [0.717, 1.165) is 0 Å². The SMILES string of the molecule is CC(C)[C@H](C)NC(=O)Nc1cccc(OC(F)F)c1. The molecule has 0 fully saturated rings. The first-order chi connectivity index (χ1) is 8.88. The summed E-state index contributed by atoms with van der Waals surface area (Å²) in [5.74, 6) is 0.309. The lowest BCUT2D eigenvalue weighted by Crippen LogP contribution is -2.38. The van der Waals surface area contributed by atoms with Crippen LogP contribution < -0.4 is 15.4 Å². The van der Waals surface area contributed by atoms with E-state index < -0.39 is 6.61 Å². The number of halogens is 2. The number of urea groups is 1. The zero-order valence-corrected chi connectivity index (χ0v) is 11.1. The quantitative estimate of drug-likeness (QED) is 0.862. The fourth-order valence-corrected chi connectivity index (χ4v) is 1.29. The minimum atomic E-state index is -2.88. The molecule has 0 aliphatic rings. The molecule has 4 nitrogen and oxygen atoms in total. The molecule has 0 radical (unpaired) electrons. The molecule has 0 spiro atoms. The summed E-state index contributed by atoms with van der Waals surface area (Å²) in [5, 5.41) is 5.32. The molecule has 106 valence electrons. The summed E-state index contributed by atoms with van der Waals surface area (Å²) in [6, 6.07) is 5.49. The molecule has 0 saturated heterocycles. The van der Waals surface area contributed by atoms with Gasteiger partial charge in [-0.25, -0.2) is 4.79 Å². The van der Waals surface area contributed by atoms with Crippen LogP contribution in [0.3, 0.4) is 0 Å². The summed E-state index contributed by atoms with van der Waals surface area (Å²) in [5.41, 5.74) is 0.395. The first-order valence-electron chi connectivity index (χ1n) is 6.01. The maximum atomic E-state index is 12.1. The van der Waals surface area contributed by atoms with Gasteiger partial charge in [-0.1, -0.05) is 19.9 Å². The Labute approximate surface area is 111 Å². The maximum Gasteiger partial charge on any atom is 0.387 e. The van der Waals surface area contributed by atoms with Gasteiger partial charge in [0.05, 0.1) is 0 Å². The van der Waals surface area contributed by atoms with Gasteiger partial charge in [-0.15, -0.1) is 0 Å². The Hall–Kier alpha value is -1.85. The Morgan fingerprint density at radius 3 is 2.53 bits per heavy atom. The Kier molecular flexibility index (Phi) is 5.54. The van der Waals surface area contributed by atoms with Crippen LogP contribution in [-0.2, 0) is 0 Å². The number of carbonyl (C=O) groups excluding carboxylic acids is 1. The molecule has 6 heteroatoms. The van der Waals surface area contributed by atoms with Crippen molar-refractivity contribution in [2.75, 3.05) is 5.32 Å². The number of alkyl halides is 2. The molecule has 19 heavy (non-hydrogen) atoms. The third-order valence-electron chi connectivity index (χ3n) is 2.68. The van der Waals surface area contributed by atoms with Crippen molar-refractivity contribution in [3.05, 3.63) is 24.3 Å². The molecule has 0 aromatic heterocycles. The van der Waals surface area contributed by atoms with Crippen molar-refractivity contribution in [3.8, 4) is 5.75 Å². The van der Waals surface area contributed by atoms with Crippen molar-refractivity contribution >= 4 is 11.7 Å². The highest BCUT2D eigenvalue weighted by Crippen LogP contribution is 2.19. The van der Waals surface area contributed by atoms with Gasteiger partial charge in [0.15, 0.2) is 0 Å². The zero-order chi connectivity index (χ0) is 14.4. The molecule has 1 aromatic rings. The Morgan fingerprint density at radius 2 is 1.95 bits per heavy atom. The summed E-state index contributed by atoms with van der Waals surface area (Å²) in [6.45, 7) is 2.98. The van der Waals surface area contributed by atoms with Crippen molar-refractivity contribution in [2.45, 2.75) is 33.4 Å². The normalized spacial score (nSPS) is 12.4. The monoisotopic (exact) mass is 272 g/mol. The second-order valence-electron chi connectivity index (χ2n) is 4.54. The van der Waals surface area contributed by atoms with Crippen molar-refractivity contribution in [1.29, 1.82) is 0 Å². The highest BCUT2D eigenvalue weighted by molar-refractivity contribution is 5.89. The van der Waals surface area contributed by atoms with Crippen LogP contribution in [0, 0.1) is 5.92 Å². The van der Waals surface area contributed by atoms with E-state index in [4.69, 9.17) is 0 Å². The van der Waals surface area contributed by atoms with E-state index in [-0.39, 0.29) is 17.8 Å². The number of nitrogens with one attached hydrogen (secondary N) is 2. The van der Waals surface area contributed by atoms with E-state index >= 15 is 0 Å². The molecule has 1 atom stereocenters. The van der Waals surface area contributed by atoms with Gasteiger partial charge in [0.2, 0.25) is 0 Å². The van der Waals surface area contributed by atoms with E-state index in [0.29, 0.717) is 11.6 Å². The van der Waals surface area contributed by atoms with Gasteiger partial charge >= 0.3 is 12.6 Å². The molecule has 0 saturated carbocycles. The summed E-state index contributed by atoms with van der Waals surface area (Å²) in [6.07, 6.45) is 0. The van der Waals surface area contributed by atoms with E-state index in [9.17, 15) is 13.6 Å². The number of ether oxygens (including phenoxy) is 1. The van der Waals surface area contributed by atoms with Gasteiger partial charge in [0, 0.05) is 17.8 Å². The van der Waals surface area contributed by atoms with Crippen molar-refractivity contribution in [2.24, 2.45) is 5.92 Å². The molecular weight excluding hydrogens is 254 g/mol. The van der Waals surface area contributed by atoms with Crippen LogP contribution in [0.15, 0.2) is 24.3 Å². The van der Waals surface area contributed by atoms with Crippen LogP contribution >= 0.6 is 0 Å². The minimum Gasteiger partial charge on any atom is -0.435 e. The van der Waals surface area contributed by atoms with Crippen molar-refractivity contribution in [1.82, 2.24) is 5.32 Å². The number of carbonyl (C=O) groups is 1. The lowest BCUT2D eigenvalue weighted by molar-refractivity contribution is -0.0497. The number of amides is 2. The number of hydrogen-bond donors (Lipinski definition) is 2. The van der Waals surface area contributed by atoms with Crippen LogP contribution in [0.25, 0.3) is 0 Å². The van der Waals surface area contributed by atoms with Gasteiger partial charge in [-0.05, 0) is 25.0 Å². The largest absolute Gasteiger partial charge is 0.435 e. The molecule has 1 aromatic carbocycles. The molecule has 0 aliphatic carbocycles. The number of rotatable bonds is 5. The van der Waals surface area contributed by atoms with E-state index in [1.165, 1.54) is 18.2 Å². The van der Waals surface area contributed by atoms with Crippen molar-refractivity contribution in [3.63, 3.8) is 0 Å². The highest BCUT2D eigenvalue weighted by atomic mass is 19.3. The van der Waals surface area contributed by atoms with Crippen LogP contribution in [0.4, 0.5) is 19.3 Å². The van der Waals surface area contributed by atoms with E-state index in [1.807, 2.05) is 20.8 Å². The number of benzene rings is 1. The number of hydrogen-bond acceptors (Lipinski definition) is 2. The van der Waals surface area contributed by atoms with Crippen LogP contribution in [0.2, 0.25) is 0 Å². The standard InChI is InChI=1S/C13H18F2N2O2/c1-8(2)9(3)16-13(18)17-10-5-4-6-11(7-10)19-12(14)15/h4-9,12H,1-3H3,(H2,16,17,18)/t9-/m0/s1. The van der Waals surface area contributed by atoms with Crippen molar-refractivity contribution < 1.29 is 18.3 Å². The minimum absolute atomic E-state index is 0.00436. The maximum absolute atomic E-state index is 12.1. The summed E-state index contributed by atoms with van der Waals surface area (Å²) in [4.78, 5) is 11.6. The van der Waals surface area contributed by atoms with Gasteiger partial charge in [0.1, 0.15) is 5.75 Å². The lowest BCUT2D eigenvalue weighted by Gasteiger charge is -2.18. The van der Waals surface area contributed by atoms with Crippen LogP contribution in [0.1, 0.15) is 20.8 Å². The second kappa shape index (κ2) is 6.92. The summed E-state index contributed by atoms with van der Waals surface area (Å²) < 4.78 is 28.4. The average molecular weight is 272 g/mol. The summed E-state index contributed by atoms with van der Waals surface area (Å²) >= 11 is 0.